The van der Waals surface area contributed by atoms with E-state index in [0.717, 1.165) is 21.9 Å². The van der Waals surface area contributed by atoms with Crippen LogP contribution in [0.4, 0.5) is 0 Å². The van der Waals surface area contributed by atoms with Gasteiger partial charge >= 0.3 is 0 Å². The molecule has 0 saturated heterocycles. The quantitative estimate of drug-likeness (QED) is 0.131. The summed E-state index contributed by atoms with van der Waals surface area (Å²) < 4.78 is 5.73. The van der Waals surface area contributed by atoms with Crippen molar-refractivity contribution in [2.24, 2.45) is 0 Å². The van der Waals surface area contributed by atoms with Crippen molar-refractivity contribution >= 4 is 50.0 Å². The van der Waals surface area contributed by atoms with E-state index in [1.165, 1.54) is 6.92 Å². The molecular weight excluding hydrogens is 532 g/mol. The largest absolute Gasteiger partial charge is 0.512 e. The second kappa shape index (κ2) is 10.9. The minimum Gasteiger partial charge on any atom is -0.512 e. The highest BCUT2D eigenvalue weighted by molar-refractivity contribution is 6.24. The summed E-state index contributed by atoms with van der Waals surface area (Å²) in [5.74, 6) is 0.139. The van der Waals surface area contributed by atoms with Crippen molar-refractivity contribution in [3.63, 3.8) is 0 Å². The number of allylic oxidation sites excluding steroid dienone is 2. The second-order valence-corrected chi connectivity index (χ2v) is 10.8. The van der Waals surface area contributed by atoms with Crippen LogP contribution in [0.25, 0.3) is 49.7 Å². The maximum Gasteiger partial charge on any atom is 0.289 e. The number of para-hydroxylation sites is 1. The Morgan fingerprint density at radius 3 is 2.55 bits per heavy atom. The SMILES string of the molecule is COc1cc2c(cc1/C(C(C)=N)=C(\C)O)[nH]c1nc(C(=O)N[C@H]3CC[C@@H](O)CC3)nc(-c3ccnc4ccccc34)c12. The number of fused-ring (bicyclic) bond motifs is 4. The molecule has 1 amide bonds. The van der Waals surface area contributed by atoms with Crippen LogP contribution in [0.2, 0.25) is 0 Å². The lowest BCUT2D eigenvalue weighted by Gasteiger charge is -2.25. The average molecular weight is 565 g/mol. The molecule has 0 unspecified atom stereocenters. The van der Waals surface area contributed by atoms with Gasteiger partial charge in [0.15, 0.2) is 0 Å². The van der Waals surface area contributed by atoms with E-state index >= 15 is 0 Å². The van der Waals surface area contributed by atoms with Gasteiger partial charge in [0, 0.05) is 50.9 Å². The molecule has 5 aromatic rings. The number of hydrogen-bond donors (Lipinski definition) is 5. The van der Waals surface area contributed by atoms with Crippen LogP contribution in [0.1, 0.15) is 55.7 Å². The standard InChI is InChI=1S/C32H32N6O4/c1-16(33)27(17(2)39)23-14-25-22(15-26(23)42-3)28-29(21-12-13-34-24-7-5-4-6-20(21)24)37-31(38-30(28)36-25)32(41)35-18-8-10-19(40)11-9-18/h4-7,12-15,18-19,33,39-40H,8-11H2,1-3H3,(H,35,41)(H,36,37,38)/b27-17+,33-16?/t18-,19+. The fourth-order valence-electron chi connectivity index (χ4n) is 5.93. The number of pyridine rings is 1. The van der Waals surface area contributed by atoms with Gasteiger partial charge in [-0.2, -0.15) is 0 Å². The van der Waals surface area contributed by atoms with Gasteiger partial charge in [0.05, 0.1) is 35.6 Å². The molecule has 0 atom stereocenters. The molecule has 1 saturated carbocycles. The van der Waals surface area contributed by atoms with Crippen molar-refractivity contribution < 1.29 is 19.7 Å². The molecule has 0 spiro atoms. The third-order valence-corrected chi connectivity index (χ3v) is 7.92. The summed E-state index contributed by atoms with van der Waals surface area (Å²) >= 11 is 0. The Morgan fingerprint density at radius 1 is 1.07 bits per heavy atom. The Labute approximate surface area is 242 Å². The van der Waals surface area contributed by atoms with Gasteiger partial charge in [-0.25, -0.2) is 9.97 Å². The number of carbonyl (C=O) groups is 1. The summed E-state index contributed by atoms with van der Waals surface area (Å²) in [6.07, 6.45) is 4.07. The summed E-state index contributed by atoms with van der Waals surface area (Å²) in [6, 6.07) is 13.3. The first-order valence-electron chi connectivity index (χ1n) is 14.0. The lowest BCUT2D eigenvalue weighted by atomic mass is 9.93. The summed E-state index contributed by atoms with van der Waals surface area (Å²) in [7, 11) is 1.55. The predicted molar refractivity (Wildman–Crippen MR) is 163 cm³/mol. The van der Waals surface area contributed by atoms with Gasteiger partial charge in [-0.1, -0.05) is 18.2 Å². The Morgan fingerprint density at radius 2 is 1.83 bits per heavy atom. The summed E-state index contributed by atoms with van der Waals surface area (Å²) in [4.78, 5) is 30.9. The average Bonchev–Trinajstić information content (AvgIpc) is 3.34. The molecule has 0 aliphatic heterocycles. The highest BCUT2D eigenvalue weighted by Gasteiger charge is 2.26. The first-order chi connectivity index (χ1) is 20.2. The van der Waals surface area contributed by atoms with Crippen LogP contribution in [0.3, 0.4) is 0 Å². The zero-order chi connectivity index (χ0) is 29.5. The van der Waals surface area contributed by atoms with E-state index in [1.54, 1.807) is 20.2 Å². The number of nitrogens with zero attached hydrogens (tertiary/aromatic N) is 3. The molecular formula is C32H32N6O4. The molecule has 3 aromatic heterocycles. The zero-order valence-electron chi connectivity index (χ0n) is 23.7. The molecule has 6 rings (SSSR count). The zero-order valence-corrected chi connectivity index (χ0v) is 23.7. The van der Waals surface area contributed by atoms with E-state index in [9.17, 15) is 15.0 Å². The third kappa shape index (κ3) is 4.83. The molecule has 3 heterocycles. The Balaban J connectivity index is 1.60. The number of aromatic nitrogens is 4. The van der Waals surface area contributed by atoms with Gasteiger partial charge in [-0.05, 0) is 63.8 Å². The predicted octanol–water partition coefficient (Wildman–Crippen LogP) is 5.70. The maximum atomic E-state index is 13.5. The number of methoxy groups -OCH3 is 1. The Hall–Kier alpha value is -4.83. The van der Waals surface area contributed by atoms with Crippen LogP contribution in [0.15, 0.2) is 54.4 Å². The molecule has 1 aliphatic carbocycles. The maximum absolute atomic E-state index is 13.5. The molecule has 10 heteroatoms. The van der Waals surface area contributed by atoms with Gasteiger partial charge in [-0.3, -0.25) is 9.78 Å². The normalized spacial score (nSPS) is 17.8. The van der Waals surface area contributed by atoms with E-state index in [0.29, 0.717) is 64.8 Å². The minimum absolute atomic E-state index is 0.00851. The smallest absolute Gasteiger partial charge is 0.289 e. The van der Waals surface area contributed by atoms with Gasteiger partial charge in [0.2, 0.25) is 5.82 Å². The van der Waals surface area contributed by atoms with Gasteiger partial charge in [0.1, 0.15) is 11.4 Å². The number of ether oxygens (including phenoxy) is 1. The third-order valence-electron chi connectivity index (χ3n) is 7.92. The monoisotopic (exact) mass is 564 g/mol. The highest BCUT2D eigenvalue weighted by atomic mass is 16.5. The molecule has 5 N–H and O–H groups in total. The van der Waals surface area contributed by atoms with Crippen LogP contribution in [-0.2, 0) is 0 Å². The van der Waals surface area contributed by atoms with Gasteiger partial charge < -0.3 is 30.7 Å². The van der Waals surface area contributed by atoms with Crippen LogP contribution in [0, 0.1) is 5.41 Å². The van der Waals surface area contributed by atoms with Crippen LogP contribution in [0.5, 0.6) is 5.75 Å². The number of aromatic amines is 1. The van der Waals surface area contributed by atoms with Crippen LogP contribution < -0.4 is 10.1 Å². The highest BCUT2D eigenvalue weighted by Crippen LogP contribution is 2.40. The number of benzene rings is 2. The van der Waals surface area contributed by atoms with E-state index in [4.69, 9.17) is 15.1 Å². The van der Waals surface area contributed by atoms with Crippen molar-refractivity contribution in [3.05, 3.63) is 65.8 Å². The number of amides is 1. The van der Waals surface area contributed by atoms with Crippen LogP contribution >= 0.6 is 0 Å². The van der Waals surface area contributed by atoms with Gasteiger partial charge in [0.25, 0.3) is 5.91 Å². The number of carbonyl (C=O) groups excluding carboxylic acids is 1. The molecule has 42 heavy (non-hydrogen) atoms. The molecule has 0 radical (unpaired) electrons. The number of aliphatic hydroxyl groups is 2. The second-order valence-electron chi connectivity index (χ2n) is 10.8. The summed E-state index contributed by atoms with van der Waals surface area (Å²) in [6.45, 7) is 3.15. The molecule has 1 fully saturated rings. The summed E-state index contributed by atoms with van der Waals surface area (Å²) in [5, 5.41) is 33.9. The van der Waals surface area contributed by atoms with Crippen molar-refractivity contribution in [2.45, 2.75) is 51.7 Å². The number of rotatable bonds is 6. The van der Waals surface area contributed by atoms with E-state index in [2.05, 4.69) is 20.3 Å². The van der Waals surface area contributed by atoms with E-state index in [1.807, 2.05) is 42.5 Å². The molecule has 214 valence electrons. The number of aliphatic hydroxyl groups excluding tert-OH is 2. The summed E-state index contributed by atoms with van der Waals surface area (Å²) in [5.41, 5.74) is 4.45. The topological polar surface area (TPSA) is 157 Å². The first-order valence-corrected chi connectivity index (χ1v) is 14.0. The molecule has 1 aliphatic rings. The van der Waals surface area contributed by atoms with Crippen molar-refractivity contribution in [2.75, 3.05) is 7.11 Å². The Kier molecular flexibility index (Phi) is 7.07. The number of hydrogen-bond acceptors (Lipinski definition) is 8. The lowest BCUT2D eigenvalue weighted by molar-refractivity contribution is 0.0858. The lowest BCUT2D eigenvalue weighted by Crippen LogP contribution is -2.39. The van der Waals surface area contributed by atoms with Crippen molar-refractivity contribution in [1.82, 2.24) is 25.3 Å². The fraction of sp³-hybridized carbons (Fsp3) is 0.281. The van der Waals surface area contributed by atoms with Crippen LogP contribution in [-0.4, -0.2) is 61.0 Å². The number of nitrogens with one attached hydrogen (secondary N) is 3. The van der Waals surface area contributed by atoms with Gasteiger partial charge in [-0.15, -0.1) is 0 Å². The first kappa shape index (κ1) is 27.3. The minimum atomic E-state index is -0.379. The molecule has 2 aromatic carbocycles. The van der Waals surface area contributed by atoms with E-state index in [-0.39, 0.29) is 35.3 Å². The van der Waals surface area contributed by atoms with Crippen molar-refractivity contribution in [1.29, 1.82) is 5.41 Å². The molecule has 0 bridgehead atoms. The number of H-pyrrole nitrogens is 1. The molecule has 10 nitrogen and oxygen atoms in total. The fourth-order valence-corrected chi connectivity index (χ4v) is 5.93. The Bertz CT molecular complexity index is 1890. The van der Waals surface area contributed by atoms with E-state index < -0.39 is 0 Å². The van der Waals surface area contributed by atoms with Crippen molar-refractivity contribution in [3.8, 4) is 17.0 Å².